The molecule has 0 saturated carbocycles. The molecule has 2 saturated heterocycles. The predicted molar refractivity (Wildman–Crippen MR) is 258 cm³/mol. The normalized spacial score (nSPS) is 17.5. The van der Waals surface area contributed by atoms with Gasteiger partial charge in [0, 0.05) is 18.5 Å². The number of imidazole rings is 2. The maximum Gasteiger partial charge on any atom is 0.407 e. The highest BCUT2D eigenvalue weighted by Crippen LogP contribution is 2.35. The molecule has 2 aliphatic heterocycles. The molecule has 1 unspecified atom stereocenters. The van der Waals surface area contributed by atoms with E-state index in [1.165, 1.54) is 14.2 Å². The zero-order chi connectivity index (χ0) is 50.2. The number of ether oxygens (including phenoxy) is 3. The van der Waals surface area contributed by atoms with Gasteiger partial charge in [-0.15, -0.1) is 0 Å². The molecule has 3 aromatic heterocycles. The average Bonchev–Trinajstić information content (AvgIpc) is 4.21. The minimum Gasteiger partial charge on any atom is -0.480 e. The predicted octanol–water partition coefficient (Wildman–Crippen LogP) is 6.98. The van der Waals surface area contributed by atoms with Gasteiger partial charge in [0.05, 0.1) is 67.9 Å². The number of amides is 5. The van der Waals surface area contributed by atoms with Gasteiger partial charge in [-0.25, -0.2) is 34.1 Å². The summed E-state index contributed by atoms with van der Waals surface area (Å²) in [7, 11) is 2.49. The lowest BCUT2D eigenvalue weighted by atomic mass is 9.97. The van der Waals surface area contributed by atoms with Crippen LogP contribution in [0.3, 0.4) is 0 Å². The van der Waals surface area contributed by atoms with E-state index in [4.69, 9.17) is 24.2 Å². The van der Waals surface area contributed by atoms with E-state index in [0.29, 0.717) is 36.9 Å². The fourth-order valence-electron chi connectivity index (χ4n) is 9.09. The van der Waals surface area contributed by atoms with Crippen molar-refractivity contribution in [3.05, 3.63) is 78.6 Å². The summed E-state index contributed by atoms with van der Waals surface area (Å²) in [5.74, 6) is -1.38. The van der Waals surface area contributed by atoms with Crippen LogP contribution in [0.15, 0.2) is 67.0 Å². The van der Waals surface area contributed by atoms with Gasteiger partial charge >= 0.3 is 24.2 Å². The summed E-state index contributed by atoms with van der Waals surface area (Å²) in [6.07, 6.45) is 4.29. The number of rotatable bonds is 17. The van der Waals surface area contributed by atoms with Gasteiger partial charge in [0.1, 0.15) is 29.8 Å². The lowest BCUT2D eigenvalue weighted by molar-refractivity contribution is -0.140. The number of methoxy groups -OCH3 is 2. The molecule has 2 fully saturated rings. The van der Waals surface area contributed by atoms with Crippen LogP contribution in [0.4, 0.5) is 14.4 Å². The number of carbonyl (C=O) groups excluding carboxylic acids is 5. The molecular weight excluding hydrogens is 901 g/mol. The SMILES string of the molecule is COC(=O)N[C@H](C(=O)N1CCC[C@H]1c1ncc(-c2ccc3cc(-c4ccc(-c5cnc([C@@H]6CCCN6C(=O)[C@@H](NC(=O)OC)C(C)CCOC(=O)N[C@H](C(=O)O)C(C)C)[nH]5)cc4)ccc3n2)[nH]1)C(C)C. The molecule has 0 spiro atoms. The Balaban J connectivity index is 0.986. The Hall–Kier alpha value is -7.51. The minimum absolute atomic E-state index is 0.117. The van der Waals surface area contributed by atoms with Gasteiger partial charge in [-0.1, -0.05) is 71.0 Å². The average molecular weight is 963 g/mol. The van der Waals surface area contributed by atoms with Gasteiger partial charge in [-0.2, -0.15) is 0 Å². The number of carboxylic acids is 1. The Morgan fingerprint density at radius 1 is 0.671 bits per heavy atom. The standard InChI is InChI=1S/C50H62N10O10/c1-27(2)40(56-48(65)68-6)45(61)59-21-8-11-39(59)44-52-26-37(55-44)35-19-17-33-24-32(16-18-34(33)53-35)30-12-14-31(15-13-30)36-25-51-43(54-36)38-10-9-22-60(38)46(62)42(58-49(66)69-7)29(5)20-23-70-50(67)57-41(28(3)4)47(63)64/h12-19,24-29,38-42H,8-11,20-23H2,1-7H3,(H,51,54)(H,52,55)(H,56,65)(H,57,67)(H,58,66)(H,63,64)/t29?,38-,39-,40-,41-,42-/m0/s1. The maximum atomic E-state index is 14.2. The third kappa shape index (κ3) is 11.5. The molecule has 0 aliphatic carbocycles. The van der Waals surface area contributed by atoms with Crippen molar-refractivity contribution >= 4 is 47.0 Å². The van der Waals surface area contributed by atoms with Crippen molar-refractivity contribution < 1.29 is 48.1 Å². The summed E-state index contributed by atoms with van der Waals surface area (Å²) >= 11 is 0. The second kappa shape index (κ2) is 22.3. The Morgan fingerprint density at radius 2 is 1.20 bits per heavy atom. The first-order chi connectivity index (χ1) is 33.6. The maximum absolute atomic E-state index is 14.2. The molecule has 372 valence electrons. The summed E-state index contributed by atoms with van der Waals surface area (Å²) in [5, 5.41) is 18.0. The zero-order valence-electron chi connectivity index (χ0n) is 40.5. The summed E-state index contributed by atoms with van der Waals surface area (Å²) < 4.78 is 14.9. The number of aromatic nitrogens is 5. The smallest absolute Gasteiger partial charge is 0.407 e. The Bertz CT molecular complexity index is 2680. The number of aromatic amines is 2. The molecule has 5 aromatic rings. The van der Waals surface area contributed by atoms with Crippen molar-refractivity contribution in [2.45, 2.75) is 96.9 Å². The molecule has 70 heavy (non-hydrogen) atoms. The van der Waals surface area contributed by atoms with Crippen LogP contribution in [0.1, 0.15) is 90.5 Å². The largest absolute Gasteiger partial charge is 0.480 e. The van der Waals surface area contributed by atoms with Gasteiger partial charge < -0.3 is 55.0 Å². The van der Waals surface area contributed by atoms with Crippen LogP contribution in [0.2, 0.25) is 0 Å². The van der Waals surface area contributed by atoms with Crippen molar-refractivity contribution in [2.24, 2.45) is 17.8 Å². The van der Waals surface area contributed by atoms with Gasteiger partial charge in [-0.05, 0) is 84.7 Å². The summed E-state index contributed by atoms with van der Waals surface area (Å²) in [6, 6.07) is 14.7. The van der Waals surface area contributed by atoms with E-state index in [2.05, 4.69) is 37.0 Å². The molecule has 20 heteroatoms. The van der Waals surface area contributed by atoms with Crippen LogP contribution in [0.25, 0.3) is 44.7 Å². The number of nitrogens with one attached hydrogen (secondary N) is 5. The van der Waals surface area contributed by atoms with Crippen molar-refractivity contribution in [1.82, 2.24) is 50.7 Å². The molecule has 0 radical (unpaired) electrons. The highest BCUT2D eigenvalue weighted by molar-refractivity contribution is 5.88. The quantitative estimate of drug-likeness (QED) is 0.0515. The number of fused-ring (bicyclic) bond motifs is 1. The Labute approximate surface area is 405 Å². The second-order valence-electron chi connectivity index (χ2n) is 18.5. The molecule has 2 aliphatic rings. The molecule has 2 aromatic carbocycles. The minimum atomic E-state index is -1.18. The number of carboxylic acid groups (broad SMARTS) is 1. The number of hydrogen-bond acceptors (Lipinski definition) is 12. The van der Waals surface area contributed by atoms with Crippen molar-refractivity contribution in [2.75, 3.05) is 33.9 Å². The van der Waals surface area contributed by atoms with Crippen LogP contribution in [-0.2, 0) is 28.6 Å². The van der Waals surface area contributed by atoms with E-state index in [-0.39, 0.29) is 48.8 Å². The van der Waals surface area contributed by atoms with E-state index >= 15 is 0 Å². The first kappa shape index (κ1) is 50.4. The number of carbonyl (C=O) groups is 6. The van der Waals surface area contributed by atoms with E-state index in [1.807, 2.05) is 62.4 Å². The van der Waals surface area contributed by atoms with E-state index < -0.39 is 48.3 Å². The molecule has 5 heterocycles. The van der Waals surface area contributed by atoms with Gasteiger partial charge in [0.2, 0.25) is 11.8 Å². The molecule has 0 bridgehead atoms. The van der Waals surface area contributed by atoms with E-state index in [9.17, 15) is 33.9 Å². The lowest BCUT2D eigenvalue weighted by Crippen LogP contribution is -2.52. The third-order valence-electron chi connectivity index (χ3n) is 13.1. The van der Waals surface area contributed by atoms with Crippen LogP contribution < -0.4 is 16.0 Å². The van der Waals surface area contributed by atoms with Gasteiger partial charge in [0.25, 0.3) is 0 Å². The number of benzene rings is 2. The topological polar surface area (TPSA) is 263 Å². The lowest BCUT2D eigenvalue weighted by Gasteiger charge is -2.31. The fourth-order valence-corrected chi connectivity index (χ4v) is 9.09. The second-order valence-corrected chi connectivity index (χ2v) is 18.5. The first-order valence-electron chi connectivity index (χ1n) is 23.6. The first-order valence-corrected chi connectivity index (χ1v) is 23.6. The summed E-state index contributed by atoms with van der Waals surface area (Å²) in [5.41, 5.74) is 5.94. The number of likely N-dealkylation sites (tertiary alicyclic amines) is 2. The monoisotopic (exact) mass is 962 g/mol. The van der Waals surface area contributed by atoms with E-state index in [0.717, 1.165) is 58.2 Å². The van der Waals surface area contributed by atoms with Crippen LogP contribution in [0.5, 0.6) is 0 Å². The third-order valence-corrected chi connectivity index (χ3v) is 13.1. The Kier molecular flexibility index (Phi) is 16.0. The summed E-state index contributed by atoms with van der Waals surface area (Å²) in [6.45, 7) is 9.75. The summed E-state index contributed by atoms with van der Waals surface area (Å²) in [4.78, 5) is 101. The zero-order valence-corrected chi connectivity index (χ0v) is 40.5. The van der Waals surface area contributed by atoms with Crippen LogP contribution in [0, 0.1) is 17.8 Å². The van der Waals surface area contributed by atoms with Crippen molar-refractivity contribution in [3.8, 4) is 33.8 Å². The number of H-pyrrole nitrogens is 2. The Morgan fingerprint density at radius 3 is 1.79 bits per heavy atom. The number of nitrogens with zero attached hydrogens (tertiary/aromatic N) is 5. The molecule has 6 atom stereocenters. The number of hydrogen-bond donors (Lipinski definition) is 6. The molecule has 7 rings (SSSR count). The van der Waals surface area contributed by atoms with Crippen LogP contribution >= 0.6 is 0 Å². The number of aliphatic carboxylic acids is 1. The van der Waals surface area contributed by atoms with Gasteiger partial charge in [-0.3, -0.25) is 9.59 Å². The van der Waals surface area contributed by atoms with Crippen molar-refractivity contribution in [3.63, 3.8) is 0 Å². The highest BCUT2D eigenvalue weighted by atomic mass is 16.6. The molecule has 5 amide bonds. The number of pyridine rings is 1. The fraction of sp³-hybridized carbons (Fsp3) is 0.460. The molecule has 20 nitrogen and oxygen atoms in total. The van der Waals surface area contributed by atoms with E-state index in [1.54, 1.807) is 43.0 Å². The molecular formula is C50H62N10O10. The molecule has 6 N–H and O–H groups in total. The highest BCUT2D eigenvalue weighted by Gasteiger charge is 2.40. The van der Waals surface area contributed by atoms with Crippen molar-refractivity contribution in [1.29, 1.82) is 0 Å². The van der Waals surface area contributed by atoms with Gasteiger partial charge in [0.15, 0.2) is 0 Å². The number of alkyl carbamates (subject to hydrolysis) is 3. The van der Waals surface area contributed by atoms with Crippen LogP contribution in [-0.4, -0.2) is 128 Å².